The van der Waals surface area contributed by atoms with E-state index in [1.165, 1.54) is 10.8 Å². The van der Waals surface area contributed by atoms with Gasteiger partial charge in [-0.05, 0) is 35.1 Å². The lowest BCUT2D eigenvalue weighted by Crippen LogP contribution is -1.85. The maximum absolute atomic E-state index is 11.8. The molecule has 0 amide bonds. The van der Waals surface area contributed by atoms with E-state index in [4.69, 9.17) is 0 Å². The van der Waals surface area contributed by atoms with Gasteiger partial charge in [-0.2, -0.15) is 0 Å². The molecule has 15 heavy (non-hydrogen) atoms. The van der Waals surface area contributed by atoms with Crippen molar-refractivity contribution in [3.05, 3.63) is 49.1 Å². The van der Waals surface area contributed by atoms with Crippen molar-refractivity contribution in [2.24, 2.45) is 0 Å². The second-order valence-corrected chi connectivity index (χ2v) is 5.67. The number of nitrogens with zero attached hydrogens (tertiary/aromatic N) is 2. The Morgan fingerprint density at radius 2 is 1.47 bits per heavy atom. The van der Waals surface area contributed by atoms with Gasteiger partial charge in [0.25, 0.3) is 0 Å². The van der Waals surface area contributed by atoms with Crippen molar-refractivity contribution in [3.8, 4) is 0 Å². The molecular formula is C10H8N2OS2. The summed E-state index contributed by atoms with van der Waals surface area (Å²) in [6.45, 7) is 0. The van der Waals surface area contributed by atoms with Crippen LogP contribution in [0.1, 0.15) is 0 Å². The van der Waals surface area contributed by atoms with Crippen LogP contribution in [0.2, 0.25) is 0 Å². The number of hydrogen-bond donors (Lipinski definition) is 0. The molecule has 0 fully saturated rings. The number of rotatable bonds is 3. The normalized spacial score (nSPS) is 12.3. The summed E-state index contributed by atoms with van der Waals surface area (Å²) in [5, 5.41) is 0. The largest absolute Gasteiger partial charge is 0.265 e. The van der Waals surface area contributed by atoms with Gasteiger partial charge in [0.15, 0.2) is 0 Å². The monoisotopic (exact) mass is 236 g/mol. The molecule has 1 atom stereocenters. The maximum atomic E-state index is 11.8. The molecule has 0 aliphatic carbocycles. The molecule has 0 aliphatic rings. The summed E-state index contributed by atoms with van der Waals surface area (Å²) in [6.07, 6.45) is 6.65. The molecule has 0 radical (unpaired) electrons. The molecule has 0 spiro atoms. The zero-order valence-corrected chi connectivity index (χ0v) is 9.37. The standard InChI is InChI=1S/C10H8N2OS2/c13-15(10-3-7-12-8-4-10)14-9-1-5-11-6-2-9/h1-8H. The summed E-state index contributed by atoms with van der Waals surface area (Å²) in [4.78, 5) is 9.50. The zero-order chi connectivity index (χ0) is 10.5. The van der Waals surface area contributed by atoms with Crippen LogP contribution in [0, 0.1) is 0 Å². The molecule has 2 rings (SSSR count). The highest BCUT2D eigenvalue weighted by atomic mass is 33.1. The average Bonchev–Trinajstić information content (AvgIpc) is 2.31. The first-order chi connectivity index (χ1) is 7.36. The number of hydrogen-bond acceptors (Lipinski definition) is 4. The Morgan fingerprint density at radius 3 is 2.07 bits per heavy atom. The first-order valence-electron chi connectivity index (χ1n) is 4.26. The third-order valence-electron chi connectivity index (χ3n) is 1.66. The minimum atomic E-state index is -1.09. The van der Waals surface area contributed by atoms with Gasteiger partial charge in [-0.3, -0.25) is 9.97 Å². The van der Waals surface area contributed by atoms with Crippen molar-refractivity contribution >= 4 is 20.6 Å². The van der Waals surface area contributed by atoms with Gasteiger partial charge in [0.2, 0.25) is 0 Å². The second kappa shape index (κ2) is 5.04. The Kier molecular flexibility index (Phi) is 3.47. The summed E-state index contributed by atoms with van der Waals surface area (Å²) < 4.78 is 11.8. The molecule has 0 aliphatic heterocycles. The Labute approximate surface area is 93.8 Å². The van der Waals surface area contributed by atoms with Crippen LogP contribution in [0.4, 0.5) is 0 Å². The smallest absolute Gasteiger partial charge is 0.118 e. The quantitative estimate of drug-likeness (QED) is 0.767. The molecule has 0 bridgehead atoms. The van der Waals surface area contributed by atoms with Crippen molar-refractivity contribution in [1.82, 2.24) is 9.97 Å². The van der Waals surface area contributed by atoms with Crippen LogP contribution in [0.3, 0.4) is 0 Å². The summed E-state index contributed by atoms with van der Waals surface area (Å²) in [6, 6.07) is 7.18. The average molecular weight is 236 g/mol. The van der Waals surface area contributed by atoms with E-state index in [0.717, 1.165) is 9.79 Å². The first-order valence-corrected chi connectivity index (χ1v) is 6.75. The van der Waals surface area contributed by atoms with E-state index in [-0.39, 0.29) is 0 Å². The van der Waals surface area contributed by atoms with Gasteiger partial charge in [-0.1, -0.05) is 0 Å². The summed E-state index contributed by atoms with van der Waals surface area (Å²) in [7, 11) is 0.216. The topological polar surface area (TPSA) is 42.9 Å². The van der Waals surface area contributed by atoms with Crippen LogP contribution in [0.25, 0.3) is 0 Å². The minimum Gasteiger partial charge on any atom is -0.265 e. The van der Waals surface area contributed by atoms with Gasteiger partial charge >= 0.3 is 0 Å². The molecule has 3 nitrogen and oxygen atoms in total. The highest BCUT2D eigenvalue weighted by molar-refractivity contribution is 8.69. The fourth-order valence-electron chi connectivity index (χ4n) is 0.979. The molecule has 2 aromatic heterocycles. The lowest BCUT2D eigenvalue weighted by atomic mass is 10.5. The van der Waals surface area contributed by atoms with E-state index in [0.29, 0.717) is 0 Å². The van der Waals surface area contributed by atoms with E-state index < -0.39 is 9.83 Å². The van der Waals surface area contributed by atoms with Crippen LogP contribution in [-0.2, 0) is 9.83 Å². The molecular weight excluding hydrogens is 228 g/mol. The molecule has 5 heteroatoms. The van der Waals surface area contributed by atoms with Crippen LogP contribution < -0.4 is 0 Å². The summed E-state index contributed by atoms with van der Waals surface area (Å²) in [5.41, 5.74) is 0. The van der Waals surface area contributed by atoms with E-state index in [1.807, 2.05) is 12.1 Å². The van der Waals surface area contributed by atoms with Crippen molar-refractivity contribution in [2.45, 2.75) is 9.79 Å². The molecule has 76 valence electrons. The Bertz CT molecular complexity index is 447. The SMILES string of the molecule is O=S(Sc1ccncc1)c1ccncc1. The lowest BCUT2D eigenvalue weighted by Gasteiger charge is -2.00. The van der Waals surface area contributed by atoms with Crippen molar-refractivity contribution < 1.29 is 4.21 Å². The summed E-state index contributed by atoms with van der Waals surface area (Å²) >= 11 is 0. The highest BCUT2D eigenvalue weighted by Gasteiger charge is 2.04. The van der Waals surface area contributed by atoms with E-state index in [2.05, 4.69) is 9.97 Å². The van der Waals surface area contributed by atoms with Gasteiger partial charge in [0, 0.05) is 29.7 Å². The van der Waals surface area contributed by atoms with Crippen LogP contribution in [0.5, 0.6) is 0 Å². The molecule has 0 N–H and O–H groups in total. The van der Waals surface area contributed by atoms with Crippen molar-refractivity contribution in [3.63, 3.8) is 0 Å². The van der Waals surface area contributed by atoms with Gasteiger partial charge in [0.05, 0.1) is 4.90 Å². The zero-order valence-electron chi connectivity index (χ0n) is 7.74. The summed E-state index contributed by atoms with van der Waals surface area (Å²) in [5.74, 6) is 0. The molecule has 2 heterocycles. The third-order valence-corrected chi connectivity index (χ3v) is 4.55. The second-order valence-electron chi connectivity index (χ2n) is 2.68. The minimum absolute atomic E-state index is 0.770. The Hall–Kier alpha value is -1.20. The highest BCUT2D eigenvalue weighted by Crippen LogP contribution is 2.25. The maximum Gasteiger partial charge on any atom is 0.118 e. The van der Waals surface area contributed by atoms with E-state index in [9.17, 15) is 4.21 Å². The third kappa shape index (κ3) is 2.87. The fraction of sp³-hybridized carbons (Fsp3) is 0. The van der Waals surface area contributed by atoms with Gasteiger partial charge in [-0.25, -0.2) is 4.21 Å². The fourth-order valence-corrected chi connectivity index (χ4v) is 3.31. The number of pyridine rings is 2. The van der Waals surface area contributed by atoms with Crippen molar-refractivity contribution in [2.75, 3.05) is 0 Å². The Morgan fingerprint density at radius 1 is 0.933 bits per heavy atom. The predicted molar refractivity (Wildman–Crippen MR) is 60.7 cm³/mol. The molecule has 0 aromatic carbocycles. The lowest BCUT2D eigenvalue weighted by molar-refractivity contribution is 0.691. The van der Waals surface area contributed by atoms with Gasteiger partial charge in [0.1, 0.15) is 9.83 Å². The van der Waals surface area contributed by atoms with Gasteiger partial charge in [-0.15, -0.1) is 0 Å². The predicted octanol–water partition coefficient (Wildman–Crippen LogP) is 2.29. The first kappa shape index (κ1) is 10.3. The van der Waals surface area contributed by atoms with E-state index >= 15 is 0 Å². The number of aromatic nitrogens is 2. The van der Waals surface area contributed by atoms with Crippen LogP contribution in [-0.4, -0.2) is 14.2 Å². The molecule has 0 saturated heterocycles. The molecule has 1 unspecified atom stereocenters. The van der Waals surface area contributed by atoms with Gasteiger partial charge < -0.3 is 0 Å². The van der Waals surface area contributed by atoms with Crippen LogP contribution >= 0.6 is 10.8 Å². The van der Waals surface area contributed by atoms with Crippen molar-refractivity contribution in [1.29, 1.82) is 0 Å². The van der Waals surface area contributed by atoms with E-state index in [1.54, 1.807) is 36.9 Å². The van der Waals surface area contributed by atoms with Crippen LogP contribution in [0.15, 0.2) is 58.8 Å². The molecule has 0 saturated carbocycles. The Balaban J connectivity index is 2.12. The molecule has 2 aromatic rings.